The summed E-state index contributed by atoms with van der Waals surface area (Å²) in [6.07, 6.45) is 4.00. The predicted molar refractivity (Wildman–Crippen MR) is 132 cm³/mol. The van der Waals surface area contributed by atoms with E-state index in [4.69, 9.17) is 17.0 Å². The summed E-state index contributed by atoms with van der Waals surface area (Å²) in [5.74, 6) is 0.798. The van der Waals surface area contributed by atoms with E-state index in [-0.39, 0.29) is 5.91 Å². The Morgan fingerprint density at radius 3 is 2.58 bits per heavy atom. The summed E-state index contributed by atoms with van der Waals surface area (Å²) >= 11 is 9.00. The lowest BCUT2D eigenvalue weighted by Gasteiger charge is -2.13. The lowest BCUT2D eigenvalue weighted by Crippen LogP contribution is -2.30. The summed E-state index contributed by atoms with van der Waals surface area (Å²) in [6.45, 7) is 5.79. The van der Waals surface area contributed by atoms with Crippen molar-refractivity contribution in [1.82, 2.24) is 14.4 Å². The molecule has 0 spiro atoms. The van der Waals surface area contributed by atoms with Crippen LogP contribution in [0.25, 0.3) is 17.0 Å². The van der Waals surface area contributed by atoms with Crippen molar-refractivity contribution >= 4 is 56.1 Å². The van der Waals surface area contributed by atoms with E-state index in [1.807, 2.05) is 50.4 Å². The monoisotopic (exact) mass is 497 g/mol. The number of ether oxygens (including phenoxy) is 1. The molecule has 160 valence electrons. The van der Waals surface area contributed by atoms with Crippen LogP contribution >= 0.6 is 28.1 Å². The number of carbonyl (C=O) groups excluding carboxylic acids is 1. The van der Waals surface area contributed by atoms with Crippen molar-refractivity contribution in [3.8, 4) is 5.75 Å². The molecular formula is C24H24BrN3O2S. The maximum absolute atomic E-state index is 12.8. The van der Waals surface area contributed by atoms with E-state index < -0.39 is 0 Å². The number of aromatic nitrogens is 1. The Kier molecular flexibility index (Phi) is 6.16. The number of hydrogen-bond donors (Lipinski definition) is 0. The highest BCUT2D eigenvalue weighted by Crippen LogP contribution is 2.29. The molecule has 2 aromatic carbocycles. The number of benzene rings is 2. The van der Waals surface area contributed by atoms with Gasteiger partial charge in [0.2, 0.25) is 0 Å². The Bertz CT molecular complexity index is 1180. The Labute approximate surface area is 196 Å². The number of nitrogens with zero attached hydrogens (tertiary/aromatic N) is 3. The van der Waals surface area contributed by atoms with Gasteiger partial charge in [0.05, 0.1) is 6.54 Å². The molecule has 5 nitrogen and oxygen atoms in total. The zero-order chi connectivity index (χ0) is 22.1. The van der Waals surface area contributed by atoms with Crippen molar-refractivity contribution in [3.63, 3.8) is 0 Å². The second-order valence-electron chi connectivity index (χ2n) is 7.52. The standard InChI is InChI=1S/C24H24BrN3O2S/c1-4-28-23(29)22(26(3)24(28)31)13-17-15-27(21-10-7-18(25)14-20(17)21)11-12-30-19-8-5-16(2)6-9-19/h5-10,13-15H,4,11-12H2,1-3H3/b22-13-. The van der Waals surface area contributed by atoms with Crippen LogP contribution in [-0.2, 0) is 11.3 Å². The number of amides is 1. The van der Waals surface area contributed by atoms with Crippen molar-refractivity contribution in [2.24, 2.45) is 0 Å². The average molecular weight is 498 g/mol. The van der Waals surface area contributed by atoms with Crippen molar-refractivity contribution in [1.29, 1.82) is 0 Å². The molecule has 0 atom stereocenters. The maximum atomic E-state index is 12.8. The van der Waals surface area contributed by atoms with Gasteiger partial charge in [0, 0.05) is 40.7 Å². The molecule has 1 saturated heterocycles. The Morgan fingerprint density at radius 1 is 1.16 bits per heavy atom. The minimum Gasteiger partial charge on any atom is -0.492 e. The molecule has 7 heteroatoms. The molecule has 1 aliphatic rings. The number of thiocarbonyl (C=S) groups is 1. The van der Waals surface area contributed by atoms with Gasteiger partial charge in [0.25, 0.3) is 5.91 Å². The first-order valence-corrected chi connectivity index (χ1v) is 11.4. The summed E-state index contributed by atoms with van der Waals surface area (Å²) < 4.78 is 9.08. The minimum atomic E-state index is -0.0615. The van der Waals surface area contributed by atoms with Crippen LogP contribution in [0.3, 0.4) is 0 Å². The van der Waals surface area contributed by atoms with Gasteiger partial charge < -0.3 is 14.2 Å². The van der Waals surface area contributed by atoms with Gasteiger partial charge >= 0.3 is 0 Å². The van der Waals surface area contributed by atoms with Crippen molar-refractivity contribution in [3.05, 3.63) is 70.0 Å². The highest BCUT2D eigenvalue weighted by Gasteiger charge is 2.34. The van der Waals surface area contributed by atoms with Gasteiger partial charge in [-0.3, -0.25) is 9.69 Å². The molecule has 4 rings (SSSR count). The molecule has 0 unspecified atom stereocenters. The molecule has 1 aliphatic heterocycles. The summed E-state index contributed by atoms with van der Waals surface area (Å²) in [6, 6.07) is 14.2. The number of rotatable bonds is 6. The molecule has 0 bridgehead atoms. The first kappa shape index (κ1) is 21.6. The lowest BCUT2D eigenvalue weighted by molar-refractivity contribution is -0.122. The van der Waals surface area contributed by atoms with E-state index in [1.165, 1.54) is 5.56 Å². The van der Waals surface area contributed by atoms with E-state index in [0.29, 0.717) is 30.5 Å². The van der Waals surface area contributed by atoms with Crippen LogP contribution in [0, 0.1) is 6.92 Å². The Balaban J connectivity index is 1.64. The van der Waals surface area contributed by atoms with Crippen LogP contribution in [0.5, 0.6) is 5.75 Å². The van der Waals surface area contributed by atoms with Gasteiger partial charge in [-0.15, -0.1) is 0 Å². The fraction of sp³-hybridized carbons (Fsp3) is 0.250. The third kappa shape index (κ3) is 4.25. The second-order valence-corrected chi connectivity index (χ2v) is 8.80. The SMILES string of the molecule is CCN1C(=O)/C(=C/c2cn(CCOc3ccc(C)cc3)c3ccc(Br)cc23)N(C)C1=S. The lowest BCUT2D eigenvalue weighted by atomic mass is 10.1. The molecule has 2 heterocycles. The zero-order valence-electron chi connectivity index (χ0n) is 17.8. The fourth-order valence-corrected chi connectivity index (χ4v) is 4.40. The molecule has 0 aliphatic carbocycles. The molecule has 0 radical (unpaired) electrons. The summed E-state index contributed by atoms with van der Waals surface area (Å²) in [4.78, 5) is 16.2. The van der Waals surface area contributed by atoms with E-state index >= 15 is 0 Å². The number of halogens is 1. The third-order valence-electron chi connectivity index (χ3n) is 5.45. The molecule has 1 fully saturated rings. The number of aryl methyl sites for hydroxylation is 1. The first-order valence-electron chi connectivity index (χ1n) is 10.2. The van der Waals surface area contributed by atoms with E-state index in [2.05, 4.69) is 45.8 Å². The molecule has 0 saturated carbocycles. The summed E-state index contributed by atoms with van der Waals surface area (Å²) in [7, 11) is 1.84. The largest absolute Gasteiger partial charge is 0.492 e. The van der Waals surface area contributed by atoms with Gasteiger partial charge in [-0.25, -0.2) is 0 Å². The van der Waals surface area contributed by atoms with E-state index in [9.17, 15) is 4.79 Å². The van der Waals surface area contributed by atoms with Crippen LogP contribution in [0.2, 0.25) is 0 Å². The van der Waals surface area contributed by atoms with Gasteiger partial charge in [-0.2, -0.15) is 0 Å². The van der Waals surface area contributed by atoms with Crippen LogP contribution in [-0.4, -0.2) is 45.6 Å². The topological polar surface area (TPSA) is 37.7 Å². The van der Waals surface area contributed by atoms with Crippen molar-refractivity contribution in [2.75, 3.05) is 20.2 Å². The quantitative estimate of drug-likeness (QED) is 0.346. The molecule has 31 heavy (non-hydrogen) atoms. The van der Waals surface area contributed by atoms with Gasteiger partial charge in [-0.05, 0) is 62.5 Å². The van der Waals surface area contributed by atoms with Crippen LogP contribution < -0.4 is 4.74 Å². The van der Waals surface area contributed by atoms with E-state index in [1.54, 1.807) is 9.80 Å². The second kappa shape index (κ2) is 8.85. The Morgan fingerprint density at radius 2 is 1.90 bits per heavy atom. The Hall–Kier alpha value is -2.64. The van der Waals surface area contributed by atoms with Crippen molar-refractivity contribution < 1.29 is 9.53 Å². The number of fused-ring (bicyclic) bond motifs is 1. The molecule has 1 amide bonds. The fourth-order valence-electron chi connectivity index (χ4n) is 3.73. The molecule has 0 N–H and O–H groups in total. The summed E-state index contributed by atoms with van der Waals surface area (Å²) in [5.41, 5.74) is 3.86. The highest BCUT2D eigenvalue weighted by molar-refractivity contribution is 9.10. The minimum absolute atomic E-state index is 0.0615. The predicted octanol–water partition coefficient (Wildman–Crippen LogP) is 5.21. The average Bonchev–Trinajstić information content (AvgIpc) is 3.19. The molecular weight excluding hydrogens is 474 g/mol. The number of carbonyl (C=O) groups is 1. The van der Waals surface area contributed by atoms with Crippen LogP contribution in [0.1, 0.15) is 18.1 Å². The van der Waals surface area contributed by atoms with Crippen LogP contribution in [0.4, 0.5) is 0 Å². The number of hydrogen-bond acceptors (Lipinski definition) is 3. The normalized spacial score (nSPS) is 15.5. The third-order valence-corrected chi connectivity index (χ3v) is 6.44. The molecule has 3 aromatic rings. The van der Waals surface area contributed by atoms with Crippen LogP contribution in [0.15, 0.2) is 58.8 Å². The first-order chi connectivity index (χ1) is 14.9. The van der Waals surface area contributed by atoms with Crippen molar-refractivity contribution in [2.45, 2.75) is 20.4 Å². The van der Waals surface area contributed by atoms with Gasteiger partial charge in [0.1, 0.15) is 18.1 Å². The molecule has 1 aromatic heterocycles. The summed E-state index contributed by atoms with van der Waals surface area (Å²) in [5, 5.41) is 1.61. The van der Waals surface area contributed by atoms with Gasteiger partial charge in [-0.1, -0.05) is 33.6 Å². The zero-order valence-corrected chi connectivity index (χ0v) is 20.2. The number of likely N-dealkylation sites (N-methyl/N-ethyl adjacent to an activating group) is 2. The smallest absolute Gasteiger partial charge is 0.276 e. The highest BCUT2D eigenvalue weighted by atomic mass is 79.9. The van der Waals surface area contributed by atoms with E-state index in [0.717, 1.165) is 26.7 Å². The maximum Gasteiger partial charge on any atom is 0.276 e. The van der Waals surface area contributed by atoms with Gasteiger partial charge in [0.15, 0.2) is 5.11 Å².